The summed E-state index contributed by atoms with van der Waals surface area (Å²) in [6, 6.07) is 14.1. The number of sulfonamides is 1. The highest BCUT2D eigenvalue weighted by atomic mass is 32.2. The van der Waals surface area contributed by atoms with E-state index in [1.807, 2.05) is 6.92 Å². The minimum absolute atomic E-state index is 0.0666. The molecule has 0 saturated carbocycles. The first kappa shape index (κ1) is 34.1. The van der Waals surface area contributed by atoms with Crippen molar-refractivity contribution in [1.82, 2.24) is 15.0 Å². The Morgan fingerprint density at radius 3 is 2.37 bits per heavy atom. The number of carbonyl (C=O) groups is 1. The Bertz CT molecular complexity index is 1970. The Labute approximate surface area is 262 Å². The first-order chi connectivity index (χ1) is 21.4. The molecule has 0 spiro atoms. The lowest BCUT2D eigenvalue weighted by Gasteiger charge is -2.20. The van der Waals surface area contributed by atoms with Gasteiger partial charge in [0.1, 0.15) is 17.2 Å². The van der Waals surface area contributed by atoms with E-state index in [0.717, 1.165) is 21.7 Å². The van der Waals surface area contributed by atoms with Gasteiger partial charge in [0.2, 0.25) is 21.9 Å². The fraction of sp³-hybridized carbons (Fsp3) is 0.214. The van der Waals surface area contributed by atoms with E-state index in [1.165, 1.54) is 25.4 Å². The monoisotopic (exact) mass is 679 g/mol. The number of alkyl halides is 3. The van der Waals surface area contributed by atoms with E-state index in [-0.39, 0.29) is 35.5 Å². The van der Waals surface area contributed by atoms with Crippen molar-refractivity contribution < 1.29 is 39.4 Å². The second kappa shape index (κ2) is 13.3. The van der Waals surface area contributed by atoms with Crippen LogP contribution in [-0.4, -0.2) is 55.6 Å². The largest absolute Gasteiger partial charge is 0.421 e. The van der Waals surface area contributed by atoms with Gasteiger partial charge in [0, 0.05) is 42.9 Å². The number of anilines is 5. The van der Waals surface area contributed by atoms with Crippen LogP contribution in [-0.2, 0) is 44.1 Å². The first-order valence-corrected chi connectivity index (χ1v) is 16.5. The number of rotatable bonds is 8. The highest BCUT2D eigenvalue weighted by molar-refractivity contribution is 7.92. The van der Waals surface area contributed by atoms with Crippen molar-refractivity contribution in [2.24, 2.45) is 0 Å². The topological polar surface area (TPSA) is 184 Å². The van der Waals surface area contributed by atoms with Gasteiger partial charge in [0.25, 0.3) is 10.1 Å². The van der Waals surface area contributed by atoms with Crippen LogP contribution in [0.25, 0.3) is 0 Å². The molecule has 0 fully saturated rings. The summed E-state index contributed by atoms with van der Waals surface area (Å²) in [5, 5.41) is 8.17. The van der Waals surface area contributed by atoms with E-state index in [4.69, 9.17) is 4.55 Å². The van der Waals surface area contributed by atoms with E-state index < -0.39 is 37.7 Å². The predicted octanol–water partition coefficient (Wildman–Crippen LogP) is 4.38. The number of fused-ring (bicyclic) bond motifs is 1. The van der Waals surface area contributed by atoms with Gasteiger partial charge in [-0.1, -0.05) is 23.8 Å². The zero-order valence-corrected chi connectivity index (χ0v) is 26.1. The molecule has 2 aromatic heterocycles. The van der Waals surface area contributed by atoms with Crippen molar-refractivity contribution in [2.75, 3.05) is 33.6 Å². The van der Waals surface area contributed by atoms with Crippen molar-refractivity contribution in [3.8, 4) is 0 Å². The summed E-state index contributed by atoms with van der Waals surface area (Å²) >= 11 is 0. The molecule has 244 valence electrons. The van der Waals surface area contributed by atoms with E-state index in [0.29, 0.717) is 23.1 Å². The van der Waals surface area contributed by atoms with Crippen LogP contribution in [0.1, 0.15) is 22.3 Å². The average Bonchev–Trinajstić information content (AvgIpc) is 3.34. The minimum Gasteiger partial charge on any atom is -0.365 e. The van der Waals surface area contributed by atoms with Crippen LogP contribution < -0.4 is 20.3 Å². The summed E-state index contributed by atoms with van der Waals surface area (Å²) < 4.78 is 95.1. The number of carbonyl (C=O) groups excluding carboxylic acids is 1. The van der Waals surface area contributed by atoms with Gasteiger partial charge in [-0.05, 0) is 48.9 Å². The molecule has 5 rings (SSSR count). The number of nitrogens with zero attached hydrogens (tertiary/aromatic N) is 4. The number of amides is 1. The van der Waals surface area contributed by atoms with Gasteiger partial charge in [-0.25, -0.2) is 18.4 Å². The van der Waals surface area contributed by atoms with Crippen molar-refractivity contribution >= 4 is 55.0 Å². The molecule has 1 aliphatic rings. The number of aromatic nitrogens is 3. The van der Waals surface area contributed by atoms with E-state index in [9.17, 15) is 34.8 Å². The molecule has 46 heavy (non-hydrogen) atoms. The van der Waals surface area contributed by atoms with Gasteiger partial charge in [-0.2, -0.15) is 26.6 Å². The highest BCUT2D eigenvalue weighted by Gasteiger charge is 2.35. The van der Waals surface area contributed by atoms with Crippen LogP contribution in [0.3, 0.4) is 0 Å². The number of benzene rings is 2. The Morgan fingerprint density at radius 2 is 1.74 bits per heavy atom. The number of hydrogen-bond acceptors (Lipinski definition) is 10. The molecule has 0 saturated heterocycles. The summed E-state index contributed by atoms with van der Waals surface area (Å²) in [6.45, 7) is 1.66. The van der Waals surface area contributed by atoms with Crippen molar-refractivity contribution in [2.45, 2.75) is 31.0 Å². The van der Waals surface area contributed by atoms with E-state index in [2.05, 4.69) is 30.9 Å². The zero-order chi connectivity index (χ0) is 33.9. The van der Waals surface area contributed by atoms with Crippen LogP contribution in [0.15, 0.2) is 71.9 Å². The number of hydrogen-bond donors (Lipinski definition) is 4. The Kier molecular flexibility index (Phi) is 9.83. The third-order valence-electron chi connectivity index (χ3n) is 6.51. The van der Waals surface area contributed by atoms with Gasteiger partial charge < -0.3 is 16.0 Å². The van der Waals surface area contributed by atoms with Gasteiger partial charge in [0.15, 0.2) is 0 Å². The molecule has 1 amide bonds. The summed E-state index contributed by atoms with van der Waals surface area (Å²) in [5.74, 6) is -0.669. The van der Waals surface area contributed by atoms with E-state index in [1.54, 1.807) is 42.5 Å². The molecule has 13 nitrogen and oxygen atoms in total. The number of aryl methyl sites for hydroxylation is 1. The van der Waals surface area contributed by atoms with Gasteiger partial charge in [-0.3, -0.25) is 13.7 Å². The molecule has 4 N–H and O–H groups in total. The Balaban J connectivity index is 0.000000369. The summed E-state index contributed by atoms with van der Waals surface area (Å²) in [7, 11) is -6.36. The lowest BCUT2D eigenvalue weighted by Crippen LogP contribution is -2.27. The molecule has 2 aromatic carbocycles. The molecule has 0 aliphatic carbocycles. The Hall–Kier alpha value is -4.81. The summed E-state index contributed by atoms with van der Waals surface area (Å²) in [6.07, 6.45) is -1.51. The van der Waals surface area contributed by atoms with Crippen LogP contribution in [0.2, 0.25) is 0 Å². The van der Waals surface area contributed by atoms with Crippen molar-refractivity contribution in [1.29, 1.82) is 0 Å². The molecule has 18 heteroatoms. The summed E-state index contributed by atoms with van der Waals surface area (Å²) in [4.78, 5) is 23.3. The number of nitrogens with one attached hydrogen (secondary N) is 3. The molecule has 0 unspecified atom stereocenters. The van der Waals surface area contributed by atoms with Gasteiger partial charge >= 0.3 is 6.18 Å². The second-order valence-electron chi connectivity index (χ2n) is 10.0. The molecule has 0 atom stereocenters. The van der Waals surface area contributed by atoms with Gasteiger partial charge in [-0.15, -0.1) is 0 Å². The third kappa shape index (κ3) is 8.67. The van der Waals surface area contributed by atoms with Crippen molar-refractivity contribution in [3.05, 3.63) is 89.2 Å². The molecular formula is C28H28F3N7O6S2. The standard InChI is InChI=1S/C21H20F3N7O3S.C7H8O3S/c1-31(35(2,33)34)19-12(4-3-7-25-19)10-26-18-15(21(22,23)24)11-27-20(30-18)28-14-5-6-16-13(8-14)9-17(32)29-16;1-6-2-4-7(5-3-6)11(8,9)10/h3-8,11H,9-10H2,1-2H3,(H,29,32)(H2,26,27,28,30);2-5H,1H3,(H,8,9,10). The molecule has 4 aromatic rings. The molecular weight excluding hydrogens is 651 g/mol. The lowest BCUT2D eigenvalue weighted by atomic mass is 10.1. The quantitative estimate of drug-likeness (QED) is 0.194. The first-order valence-electron chi connectivity index (χ1n) is 13.2. The van der Waals surface area contributed by atoms with Gasteiger partial charge in [0.05, 0.1) is 17.6 Å². The zero-order valence-electron chi connectivity index (χ0n) is 24.5. The van der Waals surface area contributed by atoms with Crippen LogP contribution >= 0.6 is 0 Å². The molecule has 3 heterocycles. The second-order valence-corrected chi connectivity index (χ2v) is 13.5. The lowest BCUT2D eigenvalue weighted by molar-refractivity contribution is -0.137. The predicted molar refractivity (Wildman–Crippen MR) is 165 cm³/mol. The van der Waals surface area contributed by atoms with Crippen molar-refractivity contribution in [3.63, 3.8) is 0 Å². The van der Waals surface area contributed by atoms with E-state index >= 15 is 0 Å². The fourth-order valence-electron chi connectivity index (χ4n) is 4.12. The molecule has 0 bridgehead atoms. The molecule has 1 aliphatic heterocycles. The maximum absolute atomic E-state index is 13.6. The third-order valence-corrected chi connectivity index (χ3v) is 8.54. The number of halogens is 3. The SMILES string of the molecule is CN(c1ncccc1CNc1nc(Nc2ccc3c(c2)CC(=O)N3)ncc1C(F)(F)F)S(C)(=O)=O.Cc1ccc(S(=O)(=O)O)cc1. The minimum atomic E-state index is -4.73. The highest BCUT2D eigenvalue weighted by Crippen LogP contribution is 2.35. The Morgan fingerprint density at radius 1 is 1.04 bits per heavy atom. The number of pyridine rings is 1. The maximum Gasteiger partial charge on any atom is 0.421 e. The summed E-state index contributed by atoms with van der Waals surface area (Å²) in [5.41, 5.74) is 2.12. The van der Waals surface area contributed by atoms with Crippen LogP contribution in [0.4, 0.5) is 42.1 Å². The normalized spacial score (nSPS) is 12.8. The molecule has 0 radical (unpaired) electrons. The fourth-order valence-corrected chi connectivity index (χ4v) is 5.08. The van der Waals surface area contributed by atoms with Crippen LogP contribution in [0.5, 0.6) is 0 Å². The van der Waals surface area contributed by atoms with Crippen LogP contribution in [0, 0.1) is 6.92 Å². The average molecular weight is 680 g/mol. The maximum atomic E-state index is 13.6. The smallest absolute Gasteiger partial charge is 0.365 e.